The zero-order valence-electron chi connectivity index (χ0n) is 9.48. The Kier molecular flexibility index (Phi) is 3.77. The largest absolute Gasteiger partial charge is 0.480 e. The minimum Gasteiger partial charge on any atom is -0.480 e. The van der Waals surface area contributed by atoms with Crippen LogP contribution < -0.4 is 11.5 Å². The zero-order valence-corrected chi connectivity index (χ0v) is 9.48. The van der Waals surface area contributed by atoms with Crippen molar-refractivity contribution < 1.29 is 19.7 Å². The molecule has 0 radical (unpaired) electrons. The molecule has 102 valence electrons. The Morgan fingerprint density at radius 3 is 2.26 bits per heavy atom. The maximum absolute atomic E-state index is 11.1. The van der Waals surface area contributed by atoms with Crippen molar-refractivity contribution in [2.24, 2.45) is 11.5 Å². The highest BCUT2D eigenvalue weighted by atomic mass is 16.6. The monoisotopic (exact) mass is 270 g/mol. The number of non-ortho nitro benzene ring substituents is 1. The first-order valence-electron chi connectivity index (χ1n) is 4.89. The molecule has 0 saturated carbocycles. The molecule has 1 atom stereocenters. The highest BCUT2D eigenvalue weighted by Crippen LogP contribution is 2.31. The van der Waals surface area contributed by atoms with Crippen LogP contribution in [-0.4, -0.2) is 27.5 Å². The van der Waals surface area contributed by atoms with Gasteiger partial charge < -0.3 is 16.6 Å². The van der Waals surface area contributed by atoms with Gasteiger partial charge in [0.1, 0.15) is 0 Å². The Balaban J connectivity index is 3.56. The third kappa shape index (κ3) is 2.48. The van der Waals surface area contributed by atoms with Gasteiger partial charge in [0, 0.05) is 12.6 Å². The number of carboxylic acids is 1. The quantitative estimate of drug-likeness (QED) is 0.482. The van der Waals surface area contributed by atoms with E-state index < -0.39 is 44.8 Å². The summed E-state index contributed by atoms with van der Waals surface area (Å²) in [7, 11) is 0. The molecule has 1 aromatic rings. The predicted molar refractivity (Wildman–Crippen MR) is 62.3 cm³/mol. The Bertz CT molecular complexity index is 560. The van der Waals surface area contributed by atoms with Crippen LogP contribution in [0.4, 0.5) is 11.4 Å². The maximum Gasteiger partial charge on any atom is 0.329 e. The minimum absolute atomic E-state index is 0.391. The van der Waals surface area contributed by atoms with E-state index in [0.29, 0.717) is 6.07 Å². The number of rotatable bonds is 5. The lowest BCUT2D eigenvalue weighted by atomic mass is 9.89. The van der Waals surface area contributed by atoms with Crippen molar-refractivity contribution in [2.75, 3.05) is 6.54 Å². The van der Waals surface area contributed by atoms with E-state index in [0.717, 1.165) is 12.1 Å². The summed E-state index contributed by atoms with van der Waals surface area (Å²) in [6.45, 7) is -0.596. The molecule has 19 heavy (non-hydrogen) atoms. The van der Waals surface area contributed by atoms with Gasteiger partial charge >= 0.3 is 5.97 Å². The molecule has 0 aliphatic carbocycles. The summed E-state index contributed by atoms with van der Waals surface area (Å²) < 4.78 is 0. The van der Waals surface area contributed by atoms with Crippen molar-refractivity contribution in [3.05, 3.63) is 44.0 Å². The number of aliphatic carboxylic acids is 1. The van der Waals surface area contributed by atoms with E-state index in [1.54, 1.807) is 0 Å². The van der Waals surface area contributed by atoms with Gasteiger partial charge in [-0.2, -0.15) is 0 Å². The second-order valence-corrected chi connectivity index (χ2v) is 3.70. The number of benzene rings is 1. The number of carbonyl (C=O) groups is 1. The van der Waals surface area contributed by atoms with Gasteiger partial charge in [-0.05, 0) is 6.07 Å². The van der Waals surface area contributed by atoms with Crippen LogP contribution in [0, 0.1) is 20.2 Å². The molecule has 0 amide bonds. The molecule has 1 unspecified atom stereocenters. The van der Waals surface area contributed by atoms with Crippen molar-refractivity contribution in [2.45, 2.75) is 5.54 Å². The molecule has 0 fully saturated rings. The predicted octanol–water partition coefficient (Wildman–Crippen LogP) is -0.300. The lowest BCUT2D eigenvalue weighted by Gasteiger charge is -2.22. The first kappa shape index (κ1) is 14.5. The summed E-state index contributed by atoms with van der Waals surface area (Å²) in [4.78, 5) is 30.7. The van der Waals surface area contributed by atoms with Crippen molar-refractivity contribution in [3.8, 4) is 0 Å². The number of nitro groups is 2. The number of nitrogens with zero attached hydrogens (tertiary/aromatic N) is 2. The van der Waals surface area contributed by atoms with Crippen LogP contribution in [0.2, 0.25) is 0 Å². The van der Waals surface area contributed by atoms with E-state index in [4.69, 9.17) is 16.6 Å². The molecule has 0 bridgehead atoms. The second-order valence-electron chi connectivity index (χ2n) is 3.70. The van der Waals surface area contributed by atoms with Crippen LogP contribution >= 0.6 is 0 Å². The molecule has 0 heterocycles. The number of carboxylic acid groups (broad SMARTS) is 1. The van der Waals surface area contributed by atoms with Crippen LogP contribution in [0.1, 0.15) is 5.56 Å². The third-order valence-corrected chi connectivity index (χ3v) is 2.57. The SMILES string of the molecule is NCC(N)(C(=O)O)c1ccc([N+](=O)[O-])cc1[N+](=O)[O-]. The van der Waals surface area contributed by atoms with Gasteiger partial charge in [0.15, 0.2) is 5.54 Å². The van der Waals surface area contributed by atoms with Crippen molar-refractivity contribution in [1.29, 1.82) is 0 Å². The Hall–Kier alpha value is -2.59. The summed E-state index contributed by atoms with van der Waals surface area (Å²) in [5.41, 5.74) is 6.90. The van der Waals surface area contributed by atoms with Crippen molar-refractivity contribution in [1.82, 2.24) is 0 Å². The molecular formula is C9H10N4O6. The normalized spacial score (nSPS) is 13.6. The maximum atomic E-state index is 11.1. The molecule has 0 aliphatic rings. The summed E-state index contributed by atoms with van der Waals surface area (Å²) in [5, 5.41) is 30.4. The third-order valence-electron chi connectivity index (χ3n) is 2.57. The first-order chi connectivity index (χ1) is 8.74. The van der Waals surface area contributed by atoms with Crippen molar-refractivity contribution in [3.63, 3.8) is 0 Å². The minimum atomic E-state index is -2.18. The number of nitrogens with two attached hydrogens (primary N) is 2. The second kappa shape index (κ2) is 4.96. The molecule has 1 aromatic carbocycles. The van der Waals surface area contributed by atoms with Gasteiger partial charge in [0.05, 0.1) is 21.5 Å². The Morgan fingerprint density at radius 2 is 1.89 bits per heavy atom. The number of hydrogen-bond acceptors (Lipinski definition) is 7. The van der Waals surface area contributed by atoms with Crippen LogP contribution in [0.25, 0.3) is 0 Å². The van der Waals surface area contributed by atoms with Crippen LogP contribution in [0.5, 0.6) is 0 Å². The molecule has 5 N–H and O–H groups in total. The summed E-state index contributed by atoms with van der Waals surface area (Å²) in [5.74, 6) is -1.56. The number of hydrogen-bond donors (Lipinski definition) is 3. The average molecular weight is 270 g/mol. The summed E-state index contributed by atoms with van der Waals surface area (Å²) in [6, 6.07) is 2.51. The highest BCUT2D eigenvalue weighted by molar-refractivity contribution is 5.83. The molecule has 0 aliphatic heterocycles. The zero-order chi connectivity index (χ0) is 14.8. The Morgan fingerprint density at radius 1 is 1.32 bits per heavy atom. The van der Waals surface area contributed by atoms with Crippen LogP contribution in [0.3, 0.4) is 0 Å². The average Bonchev–Trinajstić information content (AvgIpc) is 2.36. The van der Waals surface area contributed by atoms with E-state index in [1.165, 1.54) is 0 Å². The summed E-state index contributed by atoms with van der Waals surface area (Å²) in [6.07, 6.45) is 0. The van der Waals surface area contributed by atoms with Gasteiger partial charge in [-0.1, -0.05) is 0 Å². The fourth-order valence-corrected chi connectivity index (χ4v) is 1.47. The van der Waals surface area contributed by atoms with Gasteiger partial charge in [0.25, 0.3) is 11.4 Å². The lowest BCUT2D eigenvalue weighted by Crippen LogP contribution is -2.51. The molecule has 10 heteroatoms. The van der Waals surface area contributed by atoms with Gasteiger partial charge in [0.2, 0.25) is 0 Å². The standard InChI is InChI=1S/C9H10N4O6/c10-4-9(11,8(14)15)6-2-1-5(12(16)17)3-7(6)13(18)19/h1-3H,4,10-11H2,(H,14,15). The van der Waals surface area contributed by atoms with E-state index in [2.05, 4.69) is 0 Å². The molecular weight excluding hydrogens is 260 g/mol. The van der Waals surface area contributed by atoms with Gasteiger partial charge in [-0.15, -0.1) is 0 Å². The smallest absolute Gasteiger partial charge is 0.329 e. The molecule has 0 aromatic heterocycles. The number of nitro benzene ring substituents is 2. The fourth-order valence-electron chi connectivity index (χ4n) is 1.47. The van der Waals surface area contributed by atoms with E-state index in [1.807, 2.05) is 0 Å². The topological polar surface area (TPSA) is 176 Å². The van der Waals surface area contributed by atoms with E-state index in [-0.39, 0.29) is 0 Å². The first-order valence-corrected chi connectivity index (χ1v) is 4.89. The van der Waals surface area contributed by atoms with Crippen LogP contribution in [-0.2, 0) is 10.3 Å². The lowest BCUT2D eigenvalue weighted by molar-refractivity contribution is -0.394. The van der Waals surface area contributed by atoms with Crippen LogP contribution in [0.15, 0.2) is 18.2 Å². The summed E-state index contributed by atoms with van der Waals surface area (Å²) >= 11 is 0. The molecule has 0 saturated heterocycles. The molecule has 10 nitrogen and oxygen atoms in total. The molecule has 0 spiro atoms. The van der Waals surface area contributed by atoms with Gasteiger partial charge in [-0.3, -0.25) is 20.2 Å². The van der Waals surface area contributed by atoms with Crippen molar-refractivity contribution >= 4 is 17.3 Å². The molecule has 1 rings (SSSR count). The van der Waals surface area contributed by atoms with Gasteiger partial charge in [-0.25, -0.2) is 4.79 Å². The van der Waals surface area contributed by atoms with E-state index >= 15 is 0 Å². The highest BCUT2D eigenvalue weighted by Gasteiger charge is 2.40. The Labute approximate surface area is 105 Å². The fraction of sp³-hybridized carbons (Fsp3) is 0.222. The van der Waals surface area contributed by atoms with E-state index in [9.17, 15) is 25.0 Å².